The second-order valence-corrected chi connectivity index (χ2v) is 5.70. The average molecular weight is 301 g/mol. The number of nitrogens with zero attached hydrogens (tertiary/aromatic N) is 3. The van der Waals surface area contributed by atoms with Gasteiger partial charge in [0.15, 0.2) is 10.9 Å². The van der Waals surface area contributed by atoms with Crippen molar-refractivity contribution in [2.24, 2.45) is 5.73 Å². The summed E-state index contributed by atoms with van der Waals surface area (Å²) in [5, 5.41) is 3.87. The van der Waals surface area contributed by atoms with Gasteiger partial charge in [-0.15, -0.1) is 0 Å². The molecule has 7 heteroatoms. The molecule has 5 nitrogen and oxygen atoms in total. The van der Waals surface area contributed by atoms with Crippen molar-refractivity contribution in [3.8, 4) is 0 Å². The first-order valence-corrected chi connectivity index (χ1v) is 7.11. The molecule has 0 aliphatic heterocycles. The van der Waals surface area contributed by atoms with Crippen LogP contribution in [-0.2, 0) is 0 Å². The quantitative estimate of drug-likeness (QED) is 0.724. The Morgan fingerprint density at radius 3 is 2.90 bits per heavy atom. The van der Waals surface area contributed by atoms with Gasteiger partial charge in [-0.25, -0.2) is 15.0 Å². The highest BCUT2D eigenvalue weighted by atomic mass is 32.1. The highest BCUT2D eigenvalue weighted by Crippen LogP contribution is 2.28. The molecule has 1 aromatic carbocycles. The SMILES string of the molecule is Cc1ccc2nc(Nc3nccnc3C(N)=S)sc2c1. The maximum Gasteiger partial charge on any atom is 0.189 e. The molecule has 0 spiro atoms. The molecule has 0 aliphatic rings. The Labute approximate surface area is 124 Å². The smallest absolute Gasteiger partial charge is 0.189 e. The van der Waals surface area contributed by atoms with Gasteiger partial charge in [-0.2, -0.15) is 0 Å². The summed E-state index contributed by atoms with van der Waals surface area (Å²) in [4.78, 5) is 13.0. The number of aryl methyl sites for hydroxylation is 1. The molecule has 0 bridgehead atoms. The number of nitrogens with one attached hydrogen (secondary N) is 1. The predicted octanol–water partition coefficient (Wildman–Crippen LogP) is 2.77. The third-order valence-electron chi connectivity index (χ3n) is 2.70. The van der Waals surface area contributed by atoms with E-state index in [4.69, 9.17) is 18.0 Å². The maximum absolute atomic E-state index is 5.64. The molecule has 0 unspecified atom stereocenters. The summed E-state index contributed by atoms with van der Waals surface area (Å²) in [5.41, 5.74) is 8.26. The number of fused-ring (bicyclic) bond motifs is 1. The summed E-state index contributed by atoms with van der Waals surface area (Å²) < 4.78 is 1.12. The summed E-state index contributed by atoms with van der Waals surface area (Å²) in [5.74, 6) is 0.524. The van der Waals surface area contributed by atoms with E-state index in [1.807, 2.05) is 12.1 Å². The zero-order valence-corrected chi connectivity index (χ0v) is 12.3. The molecular weight excluding hydrogens is 290 g/mol. The number of hydrogen-bond acceptors (Lipinski definition) is 6. The molecule has 3 rings (SSSR count). The molecule has 0 aliphatic carbocycles. The van der Waals surface area contributed by atoms with Gasteiger partial charge in [0.25, 0.3) is 0 Å². The molecule has 0 radical (unpaired) electrons. The van der Waals surface area contributed by atoms with Gasteiger partial charge in [0.2, 0.25) is 0 Å². The summed E-state index contributed by atoms with van der Waals surface area (Å²) in [6, 6.07) is 6.13. The van der Waals surface area contributed by atoms with Crippen LogP contribution in [0.4, 0.5) is 10.9 Å². The number of benzene rings is 1. The third-order valence-corrected chi connectivity index (χ3v) is 3.83. The number of anilines is 2. The molecule has 0 fully saturated rings. The van der Waals surface area contributed by atoms with Gasteiger partial charge in [-0.1, -0.05) is 29.6 Å². The Bertz CT molecular complexity index is 796. The maximum atomic E-state index is 5.64. The van der Waals surface area contributed by atoms with Gasteiger partial charge in [0.05, 0.1) is 10.2 Å². The number of aromatic nitrogens is 3. The van der Waals surface area contributed by atoms with Crippen molar-refractivity contribution in [1.82, 2.24) is 15.0 Å². The Kier molecular flexibility index (Phi) is 3.29. The van der Waals surface area contributed by atoms with Crippen molar-refractivity contribution in [1.29, 1.82) is 0 Å². The largest absolute Gasteiger partial charge is 0.388 e. The van der Waals surface area contributed by atoms with Gasteiger partial charge >= 0.3 is 0 Å². The minimum Gasteiger partial charge on any atom is -0.388 e. The monoisotopic (exact) mass is 301 g/mol. The van der Waals surface area contributed by atoms with Gasteiger partial charge in [0.1, 0.15) is 10.7 Å². The van der Waals surface area contributed by atoms with Crippen molar-refractivity contribution < 1.29 is 0 Å². The number of nitrogens with two attached hydrogens (primary N) is 1. The number of thiazole rings is 1. The normalized spacial score (nSPS) is 10.7. The molecule has 3 N–H and O–H groups in total. The van der Waals surface area contributed by atoms with E-state index in [9.17, 15) is 0 Å². The van der Waals surface area contributed by atoms with Crippen LogP contribution in [0.3, 0.4) is 0 Å². The fraction of sp³-hybridized carbons (Fsp3) is 0.0769. The molecule has 20 heavy (non-hydrogen) atoms. The third kappa shape index (κ3) is 2.45. The van der Waals surface area contributed by atoms with Crippen LogP contribution in [0.25, 0.3) is 10.2 Å². The Morgan fingerprint density at radius 1 is 1.30 bits per heavy atom. The zero-order valence-electron chi connectivity index (χ0n) is 10.6. The van der Waals surface area contributed by atoms with Crippen molar-refractivity contribution >= 4 is 49.7 Å². The Balaban J connectivity index is 1.99. The van der Waals surface area contributed by atoms with Gasteiger partial charge < -0.3 is 11.1 Å². The topological polar surface area (TPSA) is 76.7 Å². The van der Waals surface area contributed by atoms with Crippen molar-refractivity contribution in [3.05, 3.63) is 41.9 Å². The number of rotatable bonds is 3. The fourth-order valence-electron chi connectivity index (χ4n) is 1.80. The van der Waals surface area contributed by atoms with Crippen LogP contribution >= 0.6 is 23.6 Å². The average Bonchev–Trinajstić information content (AvgIpc) is 2.80. The lowest BCUT2D eigenvalue weighted by atomic mass is 10.2. The predicted molar refractivity (Wildman–Crippen MR) is 85.6 cm³/mol. The first kappa shape index (κ1) is 12.9. The second-order valence-electron chi connectivity index (χ2n) is 4.23. The highest BCUT2D eigenvalue weighted by Gasteiger charge is 2.10. The first-order valence-electron chi connectivity index (χ1n) is 5.88. The van der Waals surface area contributed by atoms with E-state index in [1.165, 1.54) is 5.56 Å². The molecule has 0 saturated heterocycles. The lowest BCUT2D eigenvalue weighted by Gasteiger charge is -2.05. The zero-order chi connectivity index (χ0) is 14.1. The molecule has 100 valence electrons. The lowest BCUT2D eigenvalue weighted by molar-refractivity contribution is 1.17. The lowest BCUT2D eigenvalue weighted by Crippen LogP contribution is -2.14. The molecule has 2 aromatic heterocycles. The molecule has 2 heterocycles. The van der Waals surface area contributed by atoms with Crippen molar-refractivity contribution in [3.63, 3.8) is 0 Å². The van der Waals surface area contributed by atoms with Crippen LogP contribution < -0.4 is 11.1 Å². The molecular formula is C13H11N5S2. The highest BCUT2D eigenvalue weighted by molar-refractivity contribution is 7.80. The standard InChI is InChI=1S/C13H11N5S2/c1-7-2-3-8-9(6-7)20-13(17-8)18-12-10(11(14)19)15-4-5-16-12/h2-6H,1H3,(H2,14,19)(H,16,17,18). The minimum absolute atomic E-state index is 0.206. The first-order chi connectivity index (χ1) is 9.63. The van der Waals surface area contributed by atoms with Crippen LogP contribution in [-0.4, -0.2) is 19.9 Å². The minimum atomic E-state index is 0.206. The van der Waals surface area contributed by atoms with Crippen molar-refractivity contribution in [2.75, 3.05) is 5.32 Å². The van der Waals surface area contributed by atoms with Crippen LogP contribution in [0.2, 0.25) is 0 Å². The number of hydrogen-bond donors (Lipinski definition) is 2. The Morgan fingerprint density at radius 2 is 2.10 bits per heavy atom. The summed E-state index contributed by atoms with van der Waals surface area (Å²) in [7, 11) is 0. The van der Waals surface area contributed by atoms with E-state index in [0.717, 1.165) is 15.3 Å². The molecule has 3 aromatic rings. The van der Waals surface area contributed by atoms with Crippen LogP contribution in [0.15, 0.2) is 30.6 Å². The van der Waals surface area contributed by atoms with Crippen LogP contribution in [0, 0.1) is 6.92 Å². The molecule has 0 amide bonds. The number of thiocarbonyl (C=S) groups is 1. The van der Waals surface area contributed by atoms with E-state index < -0.39 is 0 Å². The van der Waals surface area contributed by atoms with E-state index >= 15 is 0 Å². The van der Waals surface area contributed by atoms with Gasteiger partial charge in [-0.3, -0.25) is 0 Å². The van der Waals surface area contributed by atoms with E-state index in [0.29, 0.717) is 11.5 Å². The Hall–Kier alpha value is -2.12. The fourth-order valence-corrected chi connectivity index (χ4v) is 2.91. The van der Waals surface area contributed by atoms with Gasteiger partial charge in [-0.05, 0) is 24.6 Å². The van der Waals surface area contributed by atoms with Crippen LogP contribution in [0.5, 0.6) is 0 Å². The molecule has 0 atom stereocenters. The van der Waals surface area contributed by atoms with E-state index in [-0.39, 0.29) is 4.99 Å². The summed E-state index contributed by atoms with van der Waals surface area (Å²) >= 11 is 6.52. The van der Waals surface area contributed by atoms with Crippen LogP contribution in [0.1, 0.15) is 11.3 Å². The van der Waals surface area contributed by atoms with Gasteiger partial charge in [0, 0.05) is 12.4 Å². The second kappa shape index (κ2) is 5.10. The van der Waals surface area contributed by atoms with Crippen molar-refractivity contribution in [2.45, 2.75) is 6.92 Å². The van der Waals surface area contributed by atoms with E-state index in [2.05, 4.69) is 33.3 Å². The summed E-state index contributed by atoms with van der Waals surface area (Å²) in [6.07, 6.45) is 3.14. The summed E-state index contributed by atoms with van der Waals surface area (Å²) in [6.45, 7) is 2.06. The molecule has 0 saturated carbocycles. The van der Waals surface area contributed by atoms with E-state index in [1.54, 1.807) is 23.7 Å².